The van der Waals surface area contributed by atoms with E-state index in [0.717, 1.165) is 29.9 Å². The van der Waals surface area contributed by atoms with Gasteiger partial charge in [0.2, 0.25) is 0 Å². The van der Waals surface area contributed by atoms with Crippen LogP contribution in [0.4, 0.5) is 22.4 Å². The molecule has 1 fully saturated rings. The predicted octanol–water partition coefficient (Wildman–Crippen LogP) is 3.76. The molecule has 0 aliphatic carbocycles. The minimum absolute atomic E-state index is 0.243. The van der Waals surface area contributed by atoms with Crippen molar-refractivity contribution < 1.29 is 36.6 Å². The van der Waals surface area contributed by atoms with Gasteiger partial charge in [-0.25, -0.2) is 4.79 Å². The first-order valence-corrected chi connectivity index (χ1v) is 9.84. The number of carbonyl (C=O) groups is 1. The quantitative estimate of drug-likeness (QED) is 0.673. The third kappa shape index (κ3) is 3.76. The lowest BCUT2D eigenvalue weighted by molar-refractivity contribution is -0.391. The summed E-state index contributed by atoms with van der Waals surface area (Å²) in [6.45, 7) is 1.48. The van der Waals surface area contributed by atoms with Gasteiger partial charge in [0.05, 0.1) is 17.2 Å². The molecule has 0 spiro atoms. The molecular formula is C18H17F4N3O4S. The summed E-state index contributed by atoms with van der Waals surface area (Å²) in [5.41, 5.74) is 0.282. The van der Waals surface area contributed by atoms with Crippen LogP contribution in [-0.2, 0) is 11.3 Å². The van der Waals surface area contributed by atoms with Crippen molar-refractivity contribution in [2.24, 2.45) is 4.99 Å². The Morgan fingerprint density at radius 3 is 2.50 bits per heavy atom. The number of thiazole rings is 1. The average molecular weight is 447 g/mol. The number of likely N-dealkylation sites (tertiary alicyclic amines) is 1. The Kier molecular flexibility index (Phi) is 5.22. The molecule has 0 atom stereocenters. The number of alkyl halides is 4. The van der Waals surface area contributed by atoms with E-state index >= 15 is 0 Å². The second kappa shape index (κ2) is 7.58. The molecule has 2 aliphatic rings. The summed E-state index contributed by atoms with van der Waals surface area (Å²) in [6.07, 6.45) is -6.17. The fraction of sp³-hybridized carbons (Fsp3) is 0.444. The molecule has 2 aliphatic heterocycles. The van der Waals surface area contributed by atoms with E-state index in [0.29, 0.717) is 13.1 Å². The molecule has 162 valence electrons. The van der Waals surface area contributed by atoms with Gasteiger partial charge in [-0.3, -0.25) is 4.57 Å². The molecule has 1 saturated heterocycles. The Bertz CT molecular complexity index is 1030. The van der Waals surface area contributed by atoms with Gasteiger partial charge in [-0.15, -0.1) is 0 Å². The number of benzene rings is 1. The van der Waals surface area contributed by atoms with Crippen molar-refractivity contribution in [3.63, 3.8) is 0 Å². The molecule has 2 aromatic rings. The molecule has 2 amide bonds. The summed E-state index contributed by atoms with van der Waals surface area (Å²) in [6, 6.07) is 3.20. The van der Waals surface area contributed by atoms with Crippen molar-refractivity contribution in [1.29, 1.82) is 0 Å². The van der Waals surface area contributed by atoms with E-state index in [2.05, 4.69) is 14.5 Å². The standard InChI is InChI=1S/C18H17F4N3O4S/c1-27-10-12-9-25(16(30-12)23-15(26)24-6-2-3-7-24)11-4-5-13-14(8-11)29-18(21,22)17(19,20)28-13/h4-5,8-9H,2-3,6-7,10H2,1H3/b23-16-. The molecule has 0 bridgehead atoms. The number of carbonyl (C=O) groups excluding carboxylic acids is 1. The summed E-state index contributed by atoms with van der Waals surface area (Å²) in [5.74, 6) is -1.07. The van der Waals surface area contributed by atoms with Crippen molar-refractivity contribution in [2.75, 3.05) is 20.2 Å². The van der Waals surface area contributed by atoms with Crippen LogP contribution in [-0.4, -0.2) is 47.9 Å². The first-order valence-electron chi connectivity index (χ1n) is 9.02. The molecule has 4 rings (SSSR count). The van der Waals surface area contributed by atoms with Gasteiger partial charge in [-0.05, 0) is 25.0 Å². The maximum Gasteiger partial charge on any atom is 0.507 e. The number of amides is 2. The smallest absolute Gasteiger partial charge is 0.421 e. The van der Waals surface area contributed by atoms with Crippen LogP contribution in [0.1, 0.15) is 17.7 Å². The van der Waals surface area contributed by atoms with Gasteiger partial charge < -0.3 is 19.1 Å². The fourth-order valence-corrected chi connectivity index (χ4v) is 4.08. The van der Waals surface area contributed by atoms with E-state index < -0.39 is 29.7 Å². The van der Waals surface area contributed by atoms with Gasteiger partial charge in [0.25, 0.3) is 0 Å². The Labute approximate surface area is 172 Å². The third-order valence-corrected chi connectivity index (χ3v) is 5.53. The topological polar surface area (TPSA) is 65.3 Å². The number of fused-ring (bicyclic) bond motifs is 1. The van der Waals surface area contributed by atoms with Crippen LogP contribution in [0.5, 0.6) is 11.5 Å². The van der Waals surface area contributed by atoms with Gasteiger partial charge in [-0.1, -0.05) is 11.3 Å². The van der Waals surface area contributed by atoms with Crippen LogP contribution >= 0.6 is 11.3 Å². The molecule has 0 saturated carbocycles. The SMILES string of the molecule is COCc1cn(-c2ccc3c(c2)OC(F)(F)C(F)(F)O3)/c(=N/C(=O)N2CCCC2)s1. The van der Waals surface area contributed by atoms with Crippen molar-refractivity contribution >= 4 is 17.4 Å². The third-order valence-electron chi connectivity index (χ3n) is 4.58. The lowest BCUT2D eigenvalue weighted by Gasteiger charge is -2.31. The predicted molar refractivity (Wildman–Crippen MR) is 97.3 cm³/mol. The molecular weight excluding hydrogens is 430 g/mol. The molecule has 30 heavy (non-hydrogen) atoms. The normalized spacial score (nSPS) is 19.9. The van der Waals surface area contributed by atoms with E-state index in [-0.39, 0.29) is 17.1 Å². The summed E-state index contributed by atoms with van der Waals surface area (Å²) >= 11 is 1.19. The van der Waals surface area contributed by atoms with Gasteiger partial charge in [0, 0.05) is 32.5 Å². The van der Waals surface area contributed by atoms with E-state index in [4.69, 9.17) is 4.74 Å². The molecule has 0 N–H and O–H groups in total. The summed E-state index contributed by atoms with van der Waals surface area (Å²) in [4.78, 5) is 19.2. The van der Waals surface area contributed by atoms with Crippen molar-refractivity contribution in [3.8, 4) is 17.2 Å². The van der Waals surface area contributed by atoms with Gasteiger partial charge in [0.1, 0.15) is 0 Å². The number of aromatic nitrogens is 1. The molecule has 7 nitrogen and oxygen atoms in total. The Balaban J connectivity index is 1.74. The van der Waals surface area contributed by atoms with Gasteiger partial charge in [0.15, 0.2) is 16.3 Å². The van der Waals surface area contributed by atoms with E-state index in [1.165, 1.54) is 29.1 Å². The summed E-state index contributed by atoms with van der Waals surface area (Å²) < 4.78 is 68.7. The van der Waals surface area contributed by atoms with Crippen LogP contribution in [0.3, 0.4) is 0 Å². The fourth-order valence-electron chi connectivity index (χ4n) is 3.13. The van der Waals surface area contributed by atoms with Crippen molar-refractivity contribution in [3.05, 3.63) is 34.1 Å². The number of hydrogen-bond donors (Lipinski definition) is 0. The molecule has 12 heteroatoms. The number of nitrogens with zero attached hydrogens (tertiary/aromatic N) is 3. The Hall–Kier alpha value is -2.60. The maximum atomic E-state index is 13.5. The van der Waals surface area contributed by atoms with Crippen LogP contribution < -0.4 is 14.3 Å². The highest BCUT2D eigenvalue weighted by molar-refractivity contribution is 7.09. The maximum absolute atomic E-state index is 13.5. The molecule has 3 heterocycles. The number of halogens is 4. The number of urea groups is 1. The zero-order valence-electron chi connectivity index (χ0n) is 15.7. The average Bonchev–Trinajstić information content (AvgIpc) is 3.32. The van der Waals surface area contributed by atoms with Gasteiger partial charge >= 0.3 is 18.2 Å². The number of ether oxygens (including phenoxy) is 3. The van der Waals surface area contributed by atoms with E-state index in [1.807, 2.05) is 0 Å². The van der Waals surface area contributed by atoms with Gasteiger partial charge in [-0.2, -0.15) is 22.6 Å². The zero-order chi connectivity index (χ0) is 21.5. The Morgan fingerprint density at radius 2 is 1.83 bits per heavy atom. The van der Waals surface area contributed by atoms with E-state index in [9.17, 15) is 22.4 Å². The minimum atomic E-state index is -4.82. The van der Waals surface area contributed by atoms with Crippen LogP contribution in [0.25, 0.3) is 5.69 Å². The van der Waals surface area contributed by atoms with Crippen molar-refractivity contribution in [2.45, 2.75) is 31.7 Å². The van der Waals surface area contributed by atoms with Crippen LogP contribution in [0.2, 0.25) is 0 Å². The highest BCUT2D eigenvalue weighted by Gasteiger charge is 2.65. The molecule has 0 unspecified atom stereocenters. The first-order chi connectivity index (χ1) is 14.2. The highest BCUT2D eigenvalue weighted by Crippen LogP contribution is 2.47. The number of hydrogen-bond acceptors (Lipinski definition) is 5. The molecule has 1 aromatic carbocycles. The number of methoxy groups -OCH3 is 1. The lowest BCUT2D eigenvalue weighted by Crippen LogP contribution is -2.52. The second-order valence-corrected chi connectivity index (χ2v) is 7.83. The monoisotopic (exact) mass is 447 g/mol. The van der Waals surface area contributed by atoms with Crippen LogP contribution in [0, 0.1) is 0 Å². The van der Waals surface area contributed by atoms with Crippen molar-refractivity contribution in [1.82, 2.24) is 9.47 Å². The highest BCUT2D eigenvalue weighted by atomic mass is 32.1. The van der Waals surface area contributed by atoms with E-state index in [1.54, 1.807) is 11.1 Å². The van der Waals surface area contributed by atoms with Crippen LogP contribution in [0.15, 0.2) is 29.4 Å². The summed E-state index contributed by atoms with van der Waals surface area (Å²) in [5, 5.41) is 0. The largest absolute Gasteiger partial charge is 0.507 e. The molecule has 1 aromatic heterocycles. The zero-order valence-corrected chi connectivity index (χ0v) is 16.6. The summed E-state index contributed by atoms with van der Waals surface area (Å²) in [7, 11) is 1.50. The Morgan fingerprint density at radius 1 is 1.17 bits per heavy atom. The lowest BCUT2D eigenvalue weighted by atomic mass is 10.2. The minimum Gasteiger partial charge on any atom is -0.421 e. The number of rotatable bonds is 3. The molecule has 0 radical (unpaired) electrons. The second-order valence-electron chi connectivity index (χ2n) is 6.74. The first kappa shape index (κ1) is 20.7.